The number of hydrogen-bond acceptors (Lipinski definition) is 3. The predicted octanol–water partition coefficient (Wildman–Crippen LogP) is 0.116. The van der Waals surface area contributed by atoms with Crippen LogP contribution in [0, 0.1) is 5.92 Å². The third-order valence-corrected chi connectivity index (χ3v) is 1.97. The van der Waals surface area contributed by atoms with E-state index in [9.17, 15) is 4.79 Å². The van der Waals surface area contributed by atoms with Crippen LogP contribution >= 0.6 is 12.6 Å². The summed E-state index contributed by atoms with van der Waals surface area (Å²) in [7, 11) is 0. The molecule has 0 radical (unpaired) electrons. The van der Waals surface area contributed by atoms with E-state index in [-0.39, 0.29) is 17.3 Å². The molecule has 0 aromatic carbocycles. The SMILES string of the molecule is CC(S)N[C@@H](C(N)=O)C1CC1. The zero-order valence-corrected chi connectivity index (χ0v) is 7.47. The third kappa shape index (κ3) is 2.71. The molecule has 1 unspecified atom stereocenters. The Bertz CT molecular complexity index is 157. The maximum Gasteiger partial charge on any atom is 0.234 e. The highest BCUT2D eigenvalue weighted by Gasteiger charge is 2.34. The van der Waals surface area contributed by atoms with Crippen LogP contribution in [0.25, 0.3) is 0 Å². The number of nitrogens with two attached hydrogens (primary N) is 1. The van der Waals surface area contributed by atoms with Gasteiger partial charge in [-0.2, -0.15) is 12.6 Å². The highest BCUT2D eigenvalue weighted by molar-refractivity contribution is 7.80. The lowest BCUT2D eigenvalue weighted by atomic mass is 10.2. The second kappa shape index (κ2) is 3.45. The summed E-state index contributed by atoms with van der Waals surface area (Å²) in [4.78, 5) is 10.8. The molecule has 3 N–H and O–H groups in total. The molecule has 1 aliphatic rings. The van der Waals surface area contributed by atoms with Gasteiger partial charge in [-0.1, -0.05) is 0 Å². The number of rotatable bonds is 4. The van der Waals surface area contributed by atoms with Gasteiger partial charge in [0.15, 0.2) is 0 Å². The highest BCUT2D eigenvalue weighted by atomic mass is 32.1. The second-order valence-electron chi connectivity index (χ2n) is 3.06. The lowest BCUT2D eigenvalue weighted by Gasteiger charge is -2.16. The first-order chi connectivity index (χ1) is 5.11. The van der Waals surface area contributed by atoms with Gasteiger partial charge in [0.05, 0.1) is 6.04 Å². The van der Waals surface area contributed by atoms with Gasteiger partial charge < -0.3 is 5.73 Å². The zero-order valence-electron chi connectivity index (χ0n) is 6.58. The fraction of sp³-hybridized carbons (Fsp3) is 0.857. The van der Waals surface area contributed by atoms with Crippen molar-refractivity contribution < 1.29 is 4.79 Å². The van der Waals surface area contributed by atoms with E-state index in [2.05, 4.69) is 17.9 Å². The Hall–Kier alpha value is -0.220. The lowest BCUT2D eigenvalue weighted by Crippen LogP contribution is -2.45. The molecule has 0 aromatic heterocycles. The molecule has 0 aliphatic heterocycles. The van der Waals surface area contributed by atoms with Crippen LogP contribution in [-0.2, 0) is 4.79 Å². The van der Waals surface area contributed by atoms with Crippen LogP contribution < -0.4 is 11.1 Å². The molecule has 3 nitrogen and oxygen atoms in total. The number of primary amides is 1. The number of nitrogens with one attached hydrogen (secondary N) is 1. The fourth-order valence-corrected chi connectivity index (χ4v) is 1.30. The molecule has 4 heteroatoms. The average molecular weight is 174 g/mol. The molecule has 0 saturated heterocycles. The molecular weight excluding hydrogens is 160 g/mol. The zero-order chi connectivity index (χ0) is 8.43. The van der Waals surface area contributed by atoms with Crippen LogP contribution in [0.5, 0.6) is 0 Å². The van der Waals surface area contributed by atoms with Crippen molar-refractivity contribution in [3.63, 3.8) is 0 Å². The Kier molecular flexibility index (Phi) is 2.78. The molecular formula is C7H14N2OS. The van der Waals surface area contributed by atoms with Crippen molar-refractivity contribution in [2.24, 2.45) is 11.7 Å². The monoisotopic (exact) mass is 174 g/mol. The normalized spacial score (nSPS) is 22.7. The quantitative estimate of drug-likeness (QED) is 0.419. The van der Waals surface area contributed by atoms with E-state index in [0.717, 1.165) is 12.8 Å². The van der Waals surface area contributed by atoms with Gasteiger partial charge in [0.25, 0.3) is 0 Å². The van der Waals surface area contributed by atoms with E-state index in [0.29, 0.717) is 5.92 Å². The van der Waals surface area contributed by atoms with Crippen LogP contribution in [0.4, 0.5) is 0 Å². The van der Waals surface area contributed by atoms with Gasteiger partial charge in [-0.25, -0.2) is 0 Å². The minimum Gasteiger partial charge on any atom is -0.368 e. The molecule has 1 saturated carbocycles. The van der Waals surface area contributed by atoms with E-state index in [1.165, 1.54) is 0 Å². The molecule has 0 spiro atoms. The summed E-state index contributed by atoms with van der Waals surface area (Å²) in [5.74, 6) is 0.204. The van der Waals surface area contributed by atoms with Crippen LogP contribution in [-0.4, -0.2) is 17.3 Å². The standard InChI is InChI=1S/C7H14N2OS/c1-4(11)9-6(7(8)10)5-2-3-5/h4-6,9,11H,2-3H2,1H3,(H2,8,10)/t4?,6-/m1/s1. The Morgan fingerprint density at radius 3 is 2.55 bits per heavy atom. The maximum atomic E-state index is 10.8. The molecule has 2 atom stereocenters. The van der Waals surface area contributed by atoms with Gasteiger partial charge in [0, 0.05) is 5.37 Å². The molecule has 0 aromatic rings. The molecule has 1 rings (SSSR count). The molecule has 64 valence electrons. The van der Waals surface area contributed by atoms with E-state index < -0.39 is 0 Å². The van der Waals surface area contributed by atoms with E-state index in [1.807, 2.05) is 6.92 Å². The van der Waals surface area contributed by atoms with Crippen molar-refractivity contribution in [1.82, 2.24) is 5.32 Å². The number of hydrogen-bond donors (Lipinski definition) is 3. The van der Waals surface area contributed by atoms with Crippen molar-refractivity contribution in [1.29, 1.82) is 0 Å². The van der Waals surface area contributed by atoms with Crippen molar-refractivity contribution >= 4 is 18.5 Å². The van der Waals surface area contributed by atoms with Crippen LogP contribution in [0.1, 0.15) is 19.8 Å². The Labute approximate surface area is 72.1 Å². The first-order valence-electron chi connectivity index (χ1n) is 3.84. The molecule has 0 heterocycles. The van der Waals surface area contributed by atoms with E-state index >= 15 is 0 Å². The summed E-state index contributed by atoms with van der Waals surface area (Å²) in [6.07, 6.45) is 2.22. The van der Waals surface area contributed by atoms with Crippen molar-refractivity contribution in [2.75, 3.05) is 0 Å². The minimum absolute atomic E-state index is 0.0353. The second-order valence-corrected chi connectivity index (χ2v) is 3.83. The number of carbonyl (C=O) groups is 1. The highest BCUT2D eigenvalue weighted by Crippen LogP contribution is 2.32. The number of carbonyl (C=O) groups excluding carboxylic acids is 1. The number of thiol groups is 1. The summed E-state index contributed by atoms with van der Waals surface area (Å²) in [5.41, 5.74) is 5.19. The Balaban J connectivity index is 2.38. The van der Waals surface area contributed by atoms with Gasteiger partial charge in [0.1, 0.15) is 0 Å². The van der Waals surface area contributed by atoms with E-state index in [1.54, 1.807) is 0 Å². The smallest absolute Gasteiger partial charge is 0.234 e. The van der Waals surface area contributed by atoms with Gasteiger partial charge >= 0.3 is 0 Å². The summed E-state index contributed by atoms with van der Waals surface area (Å²) in [6, 6.07) is -0.164. The summed E-state index contributed by atoms with van der Waals surface area (Å²) in [6.45, 7) is 1.89. The van der Waals surface area contributed by atoms with Crippen LogP contribution in [0.3, 0.4) is 0 Å². The van der Waals surface area contributed by atoms with Crippen LogP contribution in [0.2, 0.25) is 0 Å². The summed E-state index contributed by atoms with van der Waals surface area (Å²) < 4.78 is 0. The van der Waals surface area contributed by atoms with Crippen molar-refractivity contribution in [3.05, 3.63) is 0 Å². The van der Waals surface area contributed by atoms with Gasteiger partial charge in [0.2, 0.25) is 5.91 Å². The molecule has 1 fully saturated rings. The van der Waals surface area contributed by atoms with Gasteiger partial charge in [-0.05, 0) is 25.7 Å². The van der Waals surface area contributed by atoms with Gasteiger partial charge in [-0.15, -0.1) is 0 Å². The molecule has 0 bridgehead atoms. The van der Waals surface area contributed by atoms with Crippen molar-refractivity contribution in [3.8, 4) is 0 Å². The first-order valence-corrected chi connectivity index (χ1v) is 4.36. The van der Waals surface area contributed by atoms with Gasteiger partial charge in [-0.3, -0.25) is 10.1 Å². The van der Waals surface area contributed by atoms with Crippen LogP contribution in [0.15, 0.2) is 0 Å². The summed E-state index contributed by atoms with van der Waals surface area (Å²) >= 11 is 4.14. The van der Waals surface area contributed by atoms with E-state index in [4.69, 9.17) is 5.73 Å². The third-order valence-electron chi connectivity index (χ3n) is 1.82. The fourth-order valence-electron chi connectivity index (χ4n) is 1.14. The van der Waals surface area contributed by atoms with Crippen molar-refractivity contribution in [2.45, 2.75) is 31.2 Å². The Morgan fingerprint density at radius 1 is 1.73 bits per heavy atom. The minimum atomic E-state index is -0.256. The first kappa shape index (κ1) is 8.87. The molecule has 1 aliphatic carbocycles. The topological polar surface area (TPSA) is 55.1 Å². The number of amides is 1. The summed E-state index contributed by atoms with van der Waals surface area (Å²) in [5, 5.41) is 3.07. The maximum absolute atomic E-state index is 10.8. The molecule has 11 heavy (non-hydrogen) atoms. The predicted molar refractivity (Wildman–Crippen MR) is 47.3 cm³/mol. The largest absolute Gasteiger partial charge is 0.368 e. The lowest BCUT2D eigenvalue weighted by molar-refractivity contribution is -0.120. The Morgan fingerprint density at radius 2 is 2.27 bits per heavy atom. The average Bonchev–Trinajstić information content (AvgIpc) is 2.63. The molecule has 1 amide bonds.